The summed E-state index contributed by atoms with van der Waals surface area (Å²) in [7, 11) is 0. The molecule has 0 saturated heterocycles. The van der Waals surface area contributed by atoms with Gasteiger partial charge in [0.1, 0.15) is 6.61 Å². The Morgan fingerprint density at radius 3 is 2.73 bits per heavy atom. The number of carbonyl (C=O) groups is 2. The van der Waals surface area contributed by atoms with Crippen LogP contribution in [0.4, 0.5) is 0 Å². The predicted molar refractivity (Wildman–Crippen MR) is 134 cm³/mol. The highest BCUT2D eigenvalue weighted by molar-refractivity contribution is 5.97. The van der Waals surface area contributed by atoms with E-state index in [1.54, 1.807) is 48.5 Å². The van der Waals surface area contributed by atoms with E-state index in [9.17, 15) is 14.9 Å². The first-order valence-electron chi connectivity index (χ1n) is 11.4. The molecule has 188 valence electrons. The van der Waals surface area contributed by atoms with E-state index in [1.165, 1.54) is 6.21 Å². The molecule has 0 aliphatic carbocycles. The van der Waals surface area contributed by atoms with E-state index in [4.69, 9.17) is 18.9 Å². The number of hydrogen-bond acceptors (Lipinski definition) is 8. The van der Waals surface area contributed by atoms with Gasteiger partial charge >= 0.3 is 0 Å². The summed E-state index contributed by atoms with van der Waals surface area (Å²) in [6.07, 6.45) is 1.45. The van der Waals surface area contributed by atoms with Crippen LogP contribution in [0.25, 0.3) is 0 Å². The van der Waals surface area contributed by atoms with Gasteiger partial charge in [0.25, 0.3) is 11.8 Å². The monoisotopic (exact) mass is 500 g/mol. The van der Waals surface area contributed by atoms with Crippen LogP contribution < -0.4 is 29.7 Å². The van der Waals surface area contributed by atoms with Crippen LogP contribution in [0.15, 0.2) is 65.8 Å². The van der Waals surface area contributed by atoms with Crippen molar-refractivity contribution in [2.75, 3.05) is 19.9 Å². The van der Waals surface area contributed by atoms with Crippen molar-refractivity contribution in [3.05, 3.63) is 82.9 Å². The zero-order valence-corrected chi connectivity index (χ0v) is 20.0. The van der Waals surface area contributed by atoms with Gasteiger partial charge in [-0.25, -0.2) is 5.43 Å². The van der Waals surface area contributed by atoms with Gasteiger partial charge in [-0.05, 0) is 55.0 Å². The van der Waals surface area contributed by atoms with E-state index in [0.717, 1.165) is 5.56 Å². The van der Waals surface area contributed by atoms with Gasteiger partial charge in [0, 0.05) is 11.1 Å². The second kappa shape index (κ2) is 12.1. The van der Waals surface area contributed by atoms with Crippen LogP contribution in [0.2, 0.25) is 0 Å². The Morgan fingerprint density at radius 2 is 1.89 bits per heavy atom. The fourth-order valence-corrected chi connectivity index (χ4v) is 3.42. The van der Waals surface area contributed by atoms with Crippen molar-refractivity contribution in [3.63, 3.8) is 0 Å². The van der Waals surface area contributed by atoms with Gasteiger partial charge in [-0.1, -0.05) is 18.2 Å². The molecule has 2 amide bonds. The van der Waals surface area contributed by atoms with Crippen LogP contribution in [0.3, 0.4) is 0 Å². The van der Waals surface area contributed by atoms with Crippen LogP contribution in [0, 0.1) is 11.3 Å². The highest BCUT2D eigenvalue weighted by atomic mass is 16.7. The lowest BCUT2D eigenvalue weighted by Crippen LogP contribution is -2.34. The zero-order valence-electron chi connectivity index (χ0n) is 20.0. The van der Waals surface area contributed by atoms with Crippen molar-refractivity contribution in [2.45, 2.75) is 13.5 Å². The molecule has 10 nitrogen and oxygen atoms in total. The van der Waals surface area contributed by atoms with Crippen LogP contribution >= 0.6 is 0 Å². The number of hydrazone groups is 1. The Kier molecular flexibility index (Phi) is 8.18. The Hall–Kier alpha value is -5.04. The van der Waals surface area contributed by atoms with Crippen LogP contribution in [0.1, 0.15) is 34.0 Å². The molecule has 0 atom stereocenters. The third kappa shape index (κ3) is 6.55. The van der Waals surface area contributed by atoms with E-state index >= 15 is 0 Å². The summed E-state index contributed by atoms with van der Waals surface area (Å²) < 4.78 is 22.0. The molecule has 0 spiro atoms. The quantitative estimate of drug-likeness (QED) is 0.323. The van der Waals surface area contributed by atoms with Crippen LogP contribution in [-0.2, 0) is 11.4 Å². The molecule has 0 saturated carbocycles. The first-order valence-corrected chi connectivity index (χ1v) is 11.4. The second-order valence-corrected chi connectivity index (χ2v) is 7.74. The Morgan fingerprint density at radius 1 is 1.05 bits per heavy atom. The van der Waals surface area contributed by atoms with Crippen LogP contribution in [0.5, 0.6) is 23.0 Å². The van der Waals surface area contributed by atoms with Gasteiger partial charge in [-0.2, -0.15) is 10.4 Å². The number of ether oxygens (including phenoxy) is 4. The van der Waals surface area contributed by atoms with E-state index in [0.29, 0.717) is 46.3 Å². The first kappa shape index (κ1) is 25.1. The van der Waals surface area contributed by atoms with Gasteiger partial charge in [0.15, 0.2) is 23.0 Å². The van der Waals surface area contributed by atoms with E-state index in [-0.39, 0.29) is 19.9 Å². The summed E-state index contributed by atoms with van der Waals surface area (Å²) in [6, 6.07) is 19.4. The number of benzene rings is 3. The van der Waals surface area contributed by atoms with Crippen molar-refractivity contribution < 1.29 is 28.5 Å². The molecule has 10 heteroatoms. The lowest BCUT2D eigenvalue weighted by Gasteiger charge is -2.13. The average molecular weight is 501 g/mol. The van der Waals surface area contributed by atoms with Gasteiger partial charge in [0.2, 0.25) is 6.79 Å². The van der Waals surface area contributed by atoms with Crippen molar-refractivity contribution in [3.8, 4) is 29.1 Å². The molecule has 37 heavy (non-hydrogen) atoms. The van der Waals surface area contributed by atoms with Crippen molar-refractivity contribution >= 4 is 18.0 Å². The molecule has 2 N–H and O–H groups in total. The lowest BCUT2D eigenvalue weighted by molar-refractivity contribution is -0.120. The molecule has 4 rings (SSSR count). The smallest absolute Gasteiger partial charge is 0.259 e. The summed E-state index contributed by atoms with van der Waals surface area (Å²) in [6.45, 7) is 2.34. The minimum atomic E-state index is -0.494. The Balaban J connectivity index is 1.30. The number of nitrogens with zero attached hydrogens (tertiary/aromatic N) is 2. The van der Waals surface area contributed by atoms with Crippen LogP contribution in [-0.4, -0.2) is 38.0 Å². The second-order valence-electron chi connectivity index (χ2n) is 7.74. The summed E-state index contributed by atoms with van der Waals surface area (Å²) in [5, 5.41) is 15.7. The number of nitriles is 1. The lowest BCUT2D eigenvalue weighted by atomic mass is 10.1. The Bertz CT molecular complexity index is 1370. The highest BCUT2D eigenvalue weighted by Gasteiger charge is 2.16. The van der Waals surface area contributed by atoms with Crippen molar-refractivity contribution in [2.24, 2.45) is 5.10 Å². The maximum Gasteiger partial charge on any atom is 0.259 e. The van der Waals surface area contributed by atoms with Gasteiger partial charge in [-0.15, -0.1) is 0 Å². The summed E-state index contributed by atoms with van der Waals surface area (Å²) in [5.41, 5.74) is 4.71. The van der Waals surface area contributed by atoms with Crippen molar-refractivity contribution in [1.29, 1.82) is 5.26 Å². The standard InChI is InChI=1S/C27H24N4O6/c1-2-34-24-11-18(7-9-22(24)35-16-21-6-4-3-5-20(21)13-28)14-30-31-26(32)15-29-27(33)19-8-10-23-25(12-19)37-17-36-23/h3-12,14H,2,15-17H2,1H3,(H,29,33)(H,31,32)/b30-14+. The number of fused-ring (bicyclic) bond motifs is 1. The number of carbonyl (C=O) groups excluding carboxylic acids is 2. The van der Waals surface area contributed by atoms with Gasteiger partial charge < -0.3 is 24.3 Å². The largest absolute Gasteiger partial charge is 0.490 e. The third-order valence-electron chi connectivity index (χ3n) is 5.24. The SMILES string of the molecule is CCOc1cc(/C=N/NC(=O)CNC(=O)c2ccc3c(c2)OCO3)ccc1OCc1ccccc1C#N. The van der Waals surface area contributed by atoms with Crippen molar-refractivity contribution in [1.82, 2.24) is 10.7 Å². The first-order chi connectivity index (χ1) is 18.1. The van der Waals surface area contributed by atoms with E-state index < -0.39 is 11.8 Å². The Labute approximate surface area is 213 Å². The zero-order chi connectivity index (χ0) is 26.0. The van der Waals surface area contributed by atoms with E-state index in [2.05, 4.69) is 21.9 Å². The molecule has 1 aliphatic heterocycles. The molecule has 0 aromatic heterocycles. The summed E-state index contributed by atoms with van der Waals surface area (Å²) >= 11 is 0. The molecular formula is C27H24N4O6. The van der Waals surface area contributed by atoms with Gasteiger partial charge in [-0.3, -0.25) is 9.59 Å². The molecule has 0 radical (unpaired) electrons. The maximum absolute atomic E-state index is 12.3. The number of hydrogen-bond donors (Lipinski definition) is 2. The molecule has 3 aromatic carbocycles. The summed E-state index contributed by atoms with van der Waals surface area (Å²) in [4.78, 5) is 24.4. The fourth-order valence-electron chi connectivity index (χ4n) is 3.42. The minimum Gasteiger partial charge on any atom is -0.490 e. The maximum atomic E-state index is 12.3. The van der Waals surface area contributed by atoms with Gasteiger partial charge in [0.05, 0.1) is 31.0 Å². The predicted octanol–water partition coefficient (Wildman–Crippen LogP) is 3.14. The average Bonchev–Trinajstić information content (AvgIpc) is 3.40. The molecule has 0 bridgehead atoms. The van der Waals surface area contributed by atoms with E-state index in [1.807, 2.05) is 19.1 Å². The molecule has 1 aliphatic rings. The normalized spacial score (nSPS) is 11.6. The molecule has 3 aromatic rings. The number of amides is 2. The number of nitrogens with one attached hydrogen (secondary N) is 2. The third-order valence-corrected chi connectivity index (χ3v) is 5.24. The summed E-state index contributed by atoms with van der Waals surface area (Å²) in [5.74, 6) is 1.15. The minimum absolute atomic E-state index is 0.111. The highest BCUT2D eigenvalue weighted by Crippen LogP contribution is 2.32. The topological polar surface area (TPSA) is 131 Å². The number of rotatable bonds is 10. The fraction of sp³-hybridized carbons (Fsp3) is 0.185. The molecule has 1 heterocycles. The molecule has 0 unspecified atom stereocenters. The molecule has 0 fully saturated rings. The molecular weight excluding hydrogens is 476 g/mol.